The number of azo groups is 1. The van der Waals surface area contributed by atoms with Crippen LogP contribution in [0.5, 0.6) is 0 Å². The van der Waals surface area contributed by atoms with Crippen LogP contribution in [0.3, 0.4) is 0 Å². The standard InChI is InChI=1S/C18H23N3O6/c1-17(2)26-11-14(27-17)13-9-19-21-18(13,15(22)24-3)20-16(23)25-10-12-7-5-4-6-8-12/h4-8,13-14H,9-11H2,1-3H3,(H,20,23)/t13-,14+,18+/m1/s1. The van der Waals surface area contributed by atoms with E-state index >= 15 is 0 Å². The third-order valence-electron chi connectivity index (χ3n) is 4.52. The minimum atomic E-state index is -1.71. The molecule has 3 atom stereocenters. The normalized spacial score (nSPS) is 28.7. The first-order valence-electron chi connectivity index (χ1n) is 8.64. The largest absolute Gasteiger partial charge is 0.466 e. The molecule has 1 N–H and O–H groups in total. The van der Waals surface area contributed by atoms with Crippen molar-refractivity contribution in [2.45, 2.75) is 38.0 Å². The topological polar surface area (TPSA) is 108 Å². The number of nitrogens with zero attached hydrogens (tertiary/aromatic N) is 2. The highest BCUT2D eigenvalue weighted by molar-refractivity contribution is 5.86. The lowest BCUT2D eigenvalue weighted by atomic mass is 9.89. The van der Waals surface area contributed by atoms with Gasteiger partial charge in [0.05, 0.1) is 32.3 Å². The minimum absolute atomic E-state index is 0.0573. The summed E-state index contributed by atoms with van der Waals surface area (Å²) in [6.45, 7) is 4.05. The third-order valence-corrected chi connectivity index (χ3v) is 4.52. The molecule has 0 bridgehead atoms. The van der Waals surface area contributed by atoms with Crippen LogP contribution in [0, 0.1) is 5.92 Å². The van der Waals surface area contributed by atoms with Gasteiger partial charge < -0.3 is 18.9 Å². The number of benzene rings is 1. The summed E-state index contributed by atoms with van der Waals surface area (Å²) in [4.78, 5) is 24.9. The van der Waals surface area contributed by atoms with Gasteiger partial charge >= 0.3 is 12.1 Å². The Kier molecular flexibility index (Phi) is 5.43. The van der Waals surface area contributed by atoms with Gasteiger partial charge in [-0.05, 0) is 19.4 Å². The number of ether oxygens (including phenoxy) is 4. The number of rotatable bonds is 5. The number of carbonyl (C=O) groups is 2. The Balaban J connectivity index is 1.73. The number of nitrogens with one attached hydrogen (secondary N) is 1. The molecular formula is C18H23N3O6. The lowest BCUT2D eigenvalue weighted by molar-refractivity contribution is -0.160. The molecule has 1 aromatic carbocycles. The molecule has 0 aromatic heterocycles. The lowest BCUT2D eigenvalue weighted by Crippen LogP contribution is -2.60. The maximum atomic E-state index is 12.5. The molecule has 1 amide bonds. The molecule has 0 spiro atoms. The maximum absolute atomic E-state index is 12.5. The van der Waals surface area contributed by atoms with Crippen LogP contribution in [0.25, 0.3) is 0 Å². The maximum Gasteiger partial charge on any atom is 0.409 e. The molecule has 2 aliphatic heterocycles. The van der Waals surface area contributed by atoms with Gasteiger partial charge in [0.15, 0.2) is 5.79 Å². The average Bonchev–Trinajstić information content (AvgIpc) is 3.23. The molecular weight excluding hydrogens is 354 g/mol. The molecule has 0 aliphatic carbocycles. The number of hydrogen-bond acceptors (Lipinski definition) is 8. The van der Waals surface area contributed by atoms with E-state index in [9.17, 15) is 9.59 Å². The molecule has 1 aromatic rings. The number of amides is 1. The van der Waals surface area contributed by atoms with Crippen LogP contribution >= 0.6 is 0 Å². The summed E-state index contributed by atoms with van der Waals surface area (Å²) in [5.74, 6) is -2.10. The van der Waals surface area contributed by atoms with Gasteiger partial charge in [-0.2, -0.15) is 10.2 Å². The molecule has 3 rings (SSSR count). The van der Waals surface area contributed by atoms with Gasteiger partial charge in [-0.15, -0.1) is 0 Å². The van der Waals surface area contributed by atoms with E-state index in [1.807, 2.05) is 30.3 Å². The van der Waals surface area contributed by atoms with Gasteiger partial charge in [-0.3, -0.25) is 5.32 Å². The number of alkyl carbamates (subject to hydrolysis) is 1. The van der Waals surface area contributed by atoms with Gasteiger partial charge in [0.1, 0.15) is 6.61 Å². The monoisotopic (exact) mass is 377 g/mol. The zero-order valence-corrected chi connectivity index (χ0v) is 15.5. The summed E-state index contributed by atoms with van der Waals surface area (Å²) in [6.07, 6.45) is -1.28. The van der Waals surface area contributed by atoms with Crippen LogP contribution in [0.4, 0.5) is 4.79 Å². The SMILES string of the molecule is COC(=O)[C@@]1(NC(=O)OCc2ccccc2)N=NC[C@@H]1[C@@H]1COC(C)(C)O1. The molecule has 2 heterocycles. The highest BCUT2D eigenvalue weighted by atomic mass is 16.7. The fourth-order valence-corrected chi connectivity index (χ4v) is 3.18. The first-order valence-corrected chi connectivity index (χ1v) is 8.64. The van der Waals surface area contributed by atoms with E-state index in [0.29, 0.717) is 0 Å². The second kappa shape index (κ2) is 7.61. The highest BCUT2D eigenvalue weighted by Gasteiger charge is 2.58. The highest BCUT2D eigenvalue weighted by Crippen LogP contribution is 2.37. The first-order chi connectivity index (χ1) is 12.9. The van der Waals surface area contributed by atoms with Gasteiger partial charge in [-0.1, -0.05) is 30.3 Å². The van der Waals surface area contributed by atoms with Gasteiger partial charge in [0.2, 0.25) is 0 Å². The lowest BCUT2D eigenvalue weighted by Gasteiger charge is -2.32. The summed E-state index contributed by atoms with van der Waals surface area (Å²) in [5, 5.41) is 10.5. The van der Waals surface area contributed by atoms with Crippen molar-refractivity contribution in [2.24, 2.45) is 16.1 Å². The predicted octanol–water partition coefficient (Wildman–Crippen LogP) is 2.02. The third kappa shape index (κ3) is 4.09. The quantitative estimate of drug-likeness (QED) is 0.787. The van der Waals surface area contributed by atoms with Crippen molar-refractivity contribution < 1.29 is 28.5 Å². The Hall–Kier alpha value is -2.52. The molecule has 1 fully saturated rings. The number of hydrogen-bond donors (Lipinski definition) is 1. The summed E-state index contributed by atoms with van der Waals surface area (Å²) in [7, 11) is 1.22. The van der Waals surface area contributed by atoms with E-state index in [-0.39, 0.29) is 19.8 Å². The van der Waals surface area contributed by atoms with Gasteiger partial charge in [0.25, 0.3) is 5.66 Å². The Bertz CT molecular complexity index is 723. The van der Waals surface area contributed by atoms with Crippen LogP contribution in [0.15, 0.2) is 40.6 Å². The van der Waals surface area contributed by atoms with Crippen LogP contribution in [-0.4, -0.2) is 49.9 Å². The molecule has 0 radical (unpaired) electrons. The van der Waals surface area contributed by atoms with Crippen molar-refractivity contribution in [1.82, 2.24) is 5.32 Å². The van der Waals surface area contributed by atoms with Crippen molar-refractivity contribution in [3.05, 3.63) is 35.9 Å². The van der Waals surface area contributed by atoms with E-state index in [4.69, 9.17) is 18.9 Å². The van der Waals surface area contributed by atoms with E-state index in [0.717, 1.165) is 5.56 Å². The fourth-order valence-electron chi connectivity index (χ4n) is 3.18. The summed E-state index contributed by atoms with van der Waals surface area (Å²) >= 11 is 0. The second-order valence-corrected chi connectivity index (χ2v) is 6.84. The van der Waals surface area contributed by atoms with Crippen LogP contribution < -0.4 is 5.32 Å². The molecule has 146 valence electrons. The molecule has 0 saturated carbocycles. The van der Waals surface area contributed by atoms with Crippen molar-refractivity contribution in [1.29, 1.82) is 0 Å². The molecule has 0 unspecified atom stereocenters. The van der Waals surface area contributed by atoms with Crippen molar-refractivity contribution >= 4 is 12.1 Å². The first kappa shape index (κ1) is 19.2. The number of esters is 1. The molecule has 2 aliphatic rings. The molecule has 9 heteroatoms. The molecule has 9 nitrogen and oxygen atoms in total. The van der Waals surface area contributed by atoms with E-state index in [2.05, 4.69) is 15.5 Å². The summed E-state index contributed by atoms with van der Waals surface area (Å²) in [5.41, 5.74) is -0.893. The molecule has 1 saturated heterocycles. The average molecular weight is 377 g/mol. The van der Waals surface area contributed by atoms with Crippen molar-refractivity contribution in [2.75, 3.05) is 20.3 Å². The number of methoxy groups -OCH3 is 1. The summed E-state index contributed by atoms with van der Waals surface area (Å²) in [6, 6.07) is 9.20. The fraction of sp³-hybridized carbons (Fsp3) is 0.556. The Morgan fingerprint density at radius 1 is 1.30 bits per heavy atom. The van der Waals surface area contributed by atoms with Crippen LogP contribution in [-0.2, 0) is 30.3 Å². The van der Waals surface area contributed by atoms with Crippen molar-refractivity contribution in [3.8, 4) is 0 Å². The predicted molar refractivity (Wildman–Crippen MR) is 92.6 cm³/mol. The Labute approximate surface area is 157 Å². The van der Waals surface area contributed by atoms with Gasteiger partial charge in [-0.25, -0.2) is 9.59 Å². The van der Waals surface area contributed by atoms with E-state index in [1.165, 1.54) is 7.11 Å². The minimum Gasteiger partial charge on any atom is -0.466 e. The summed E-state index contributed by atoms with van der Waals surface area (Å²) < 4.78 is 21.5. The number of carbonyl (C=O) groups excluding carboxylic acids is 2. The Morgan fingerprint density at radius 3 is 2.67 bits per heavy atom. The zero-order chi connectivity index (χ0) is 19.5. The van der Waals surface area contributed by atoms with Crippen LogP contribution in [0.2, 0.25) is 0 Å². The molecule has 27 heavy (non-hydrogen) atoms. The smallest absolute Gasteiger partial charge is 0.409 e. The zero-order valence-electron chi connectivity index (χ0n) is 15.5. The second-order valence-electron chi connectivity index (χ2n) is 6.84. The van der Waals surface area contributed by atoms with E-state index in [1.54, 1.807) is 13.8 Å². The van der Waals surface area contributed by atoms with E-state index < -0.39 is 35.5 Å². The van der Waals surface area contributed by atoms with Gasteiger partial charge in [0, 0.05) is 0 Å². The Morgan fingerprint density at radius 2 is 2.04 bits per heavy atom. The van der Waals surface area contributed by atoms with Crippen molar-refractivity contribution in [3.63, 3.8) is 0 Å². The van der Waals surface area contributed by atoms with Crippen LogP contribution in [0.1, 0.15) is 19.4 Å².